The van der Waals surface area contributed by atoms with Crippen molar-refractivity contribution in [3.63, 3.8) is 0 Å². The second-order valence-electron chi connectivity index (χ2n) is 11.1. The summed E-state index contributed by atoms with van der Waals surface area (Å²) in [7, 11) is -9.41. The second kappa shape index (κ2) is 12.1. The summed E-state index contributed by atoms with van der Waals surface area (Å²) in [5.74, 6) is -0.460. The molecule has 13 heteroatoms. The molecule has 0 saturated carbocycles. The number of fused-ring (bicyclic) bond motifs is 5. The summed E-state index contributed by atoms with van der Waals surface area (Å²) >= 11 is 0. The van der Waals surface area contributed by atoms with Crippen LogP contribution >= 0.6 is 0 Å². The highest BCUT2D eigenvalue weighted by Crippen LogP contribution is 2.46. The highest BCUT2D eigenvalue weighted by Gasteiger charge is 2.36. The fourth-order valence-electron chi connectivity index (χ4n) is 5.77. The zero-order valence-electron chi connectivity index (χ0n) is 25.8. The van der Waals surface area contributed by atoms with Crippen molar-refractivity contribution < 1.29 is 44.1 Å². The van der Waals surface area contributed by atoms with Crippen molar-refractivity contribution in [2.45, 2.75) is 19.2 Å². The van der Waals surface area contributed by atoms with E-state index in [-0.39, 0.29) is 23.2 Å². The van der Waals surface area contributed by atoms with E-state index < -0.39 is 31.1 Å². The minimum atomic E-state index is -4.90. The van der Waals surface area contributed by atoms with Crippen LogP contribution in [0, 0.1) is 0 Å². The third kappa shape index (κ3) is 6.10. The molecule has 4 aromatic carbocycles. The van der Waals surface area contributed by atoms with Gasteiger partial charge in [0, 0.05) is 29.0 Å². The van der Waals surface area contributed by atoms with Crippen molar-refractivity contribution in [1.29, 1.82) is 0 Å². The number of furan rings is 1. The lowest BCUT2D eigenvalue weighted by Crippen LogP contribution is -2.39. The third-order valence-corrected chi connectivity index (χ3v) is 9.29. The predicted octanol–water partition coefficient (Wildman–Crippen LogP) is 7.34. The molecule has 0 unspecified atom stereocenters. The number of oxazole rings is 1. The minimum absolute atomic E-state index is 0.0285. The van der Waals surface area contributed by atoms with Gasteiger partial charge >= 0.3 is 26.1 Å². The summed E-state index contributed by atoms with van der Waals surface area (Å²) in [6, 6.07) is 25.5. The number of hydrogen-bond acceptors (Lipinski definition) is 8. The first-order valence-corrected chi connectivity index (χ1v) is 17.9. The van der Waals surface area contributed by atoms with Crippen molar-refractivity contribution in [1.82, 2.24) is 0 Å². The lowest BCUT2D eigenvalue weighted by molar-refractivity contribution is -0.658. The number of anilines is 1. The first kappa shape index (κ1) is 31.9. The van der Waals surface area contributed by atoms with Crippen molar-refractivity contribution in [2.75, 3.05) is 4.90 Å². The van der Waals surface area contributed by atoms with E-state index in [4.69, 9.17) is 13.6 Å². The molecule has 0 atom stereocenters. The number of aromatic nitrogens is 1. The van der Waals surface area contributed by atoms with Crippen LogP contribution in [0.2, 0.25) is 0 Å². The molecular weight excluding hydrogens is 669 g/mol. The lowest BCUT2D eigenvalue weighted by atomic mass is 10.1. The van der Waals surface area contributed by atoms with Gasteiger partial charge in [-0.15, -0.1) is 4.57 Å². The molecule has 0 saturated heterocycles. The van der Waals surface area contributed by atoms with Crippen molar-refractivity contribution >= 4 is 65.0 Å². The molecular formula is C36H27N2O9S2+. The first-order chi connectivity index (χ1) is 23.4. The van der Waals surface area contributed by atoms with Crippen molar-refractivity contribution in [3.8, 4) is 16.9 Å². The molecule has 1 aliphatic rings. The molecule has 0 fully saturated rings. The maximum atomic E-state index is 12.6. The van der Waals surface area contributed by atoms with Crippen LogP contribution in [-0.2, 0) is 26.1 Å². The molecule has 0 radical (unpaired) electrons. The Kier molecular flexibility index (Phi) is 7.89. The average Bonchev–Trinajstić information content (AvgIpc) is 3.71. The van der Waals surface area contributed by atoms with Gasteiger partial charge in [-0.25, -0.2) is 0 Å². The summed E-state index contributed by atoms with van der Waals surface area (Å²) in [5.41, 5.74) is 8.97. The Morgan fingerprint density at radius 3 is 2.35 bits per heavy atom. The van der Waals surface area contributed by atoms with Gasteiger partial charge in [0.05, 0.1) is 11.8 Å². The first-order valence-electron chi connectivity index (χ1n) is 14.9. The quantitative estimate of drug-likeness (QED) is 0.0940. The van der Waals surface area contributed by atoms with Crippen molar-refractivity contribution in [3.05, 3.63) is 131 Å². The van der Waals surface area contributed by atoms with E-state index in [1.54, 1.807) is 30.3 Å². The van der Waals surface area contributed by atoms with Crippen LogP contribution in [0.4, 0.5) is 5.69 Å². The van der Waals surface area contributed by atoms with Gasteiger partial charge in [0.15, 0.2) is 5.75 Å². The number of rotatable bonds is 8. The zero-order chi connectivity index (χ0) is 34.5. The molecule has 2 aromatic heterocycles. The van der Waals surface area contributed by atoms with E-state index in [0.717, 1.165) is 26.8 Å². The predicted molar refractivity (Wildman–Crippen MR) is 184 cm³/mol. The highest BCUT2D eigenvalue weighted by atomic mass is 32.2. The fraction of sp³-hybridized carbons (Fsp3) is 0.0833. The van der Waals surface area contributed by atoms with Crippen LogP contribution in [-0.4, -0.2) is 25.9 Å². The Labute approximate surface area is 280 Å². The van der Waals surface area contributed by atoms with Crippen LogP contribution in [0.1, 0.15) is 19.2 Å². The number of hydrogen-bond donors (Lipinski definition) is 2. The van der Waals surface area contributed by atoms with Crippen LogP contribution in [0.25, 0.3) is 50.2 Å². The van der Waals surface area contributed by atoms with E-state index in [1.165, 1.54) is 10.6 Å². The maximum absolute atomic E-state index is 12.6. The van der Waals surface area contributed by atoms with Crippen LogP contribution < -0.4 is 14.2 Å². The van der Waals surface area contributed by atoms with Gasteiger partial charge in [-0.3, -0.25) is 14.0 Å². The largest absolute Gasteiger partial charge is 0.456 e. The average molecular weight is 696 g/mol. The molecule has 0 aliphatic carbocycles. The molecule has 246 valence electrons. The third-order valence-electron chi connectivity index (χ3n) is 7.93. The Morgan fingerprint density at radius 2 is 1.63 bits per heavy atom. The smallest absolute Gasteiger partial charge is 0.375 e. The van der Waals surface area contributed by atoms with E-state index in [9.17, 15) is 25.9 Å². The monoisotopic (exact) mass is 695 g/mol. The second-order valence-corrected chi connectivity index (χ2v) is 13.9. The van der Waals surface area contributed by atoms with Crippen LogP contribution in [0.15, 0.2) is 134 Å². The van der Waals surface area contributed by atoms with Gasteiger partial charge in [-0.1, -0.05) is 67.3 Å². The van der Waals surface area contributed by atoms with E-state index in [2.05, 4.69) is 18.0 Å². The number of ether oxygens (including phenoxy) is 1. The summed E-state index contributed by atoms with van der Waals surface area (Å²) in [4.78, 5) is 1.15. The topological polar surface area (TPSA) is 151 Å². The SMILES string of the molecule is C=C=C=C(N1C(=CC(=Cc2oc3ccc(-c4ccccc4)cc3[n+]2CS(=O)(=O)O)CC)Oc2cc3c(cc21)oc1ccccc13)S(=O)(=O)O. The Morgan fingerprint density at radius 1 is 0.878 bits per heavy atom. The van der Waals surface area contributed by atoms with E-state index in [1.807, 2.05) is 67.6 Å². The van der Waals surface area contributed by atoms with Crippen LogP contribution in [0.5, 0.6) is 5.75 Å². The highest BCUT2D eigenvalue weighted by molar-refractivity contribution is 7.90. The number of nitrogens with zero attached hydrogens (tertiary/aromatic N) is 2. The molecule has 49 heavy (non-hydrogen) atoms. The molecule has 1 aliphatic heterocycles. The summed E-state index contributed by atoms with van der Waals surface area (Å²) in [6.07, 6.45) is 3.42. The lowest BCUT2D eigenvalue weighted by Gasteiger charge is -2.17. The zero-order valence-corrected chi connectivity index (χ0v) is 27.5. The molecule has 7 rings (SSSR count). The fourth-order valence-corrected chi connectivity index (χ4v) is 6.98. The number of para-hydroxylation sites is 1. The Bertz CT molecular complexity index is 2690. The van der Waals surface area contributed by atoms with Gasteiger partial charge in [0.2, 0.25) is 16.5 Å². The molecule has 0 amide bonds. The number of benzene rings is 4. The van der Waals surface area contributed by atoms with E-state index >= 15 is 0 Å². The molecule has 0 bridgehead atoms. The van der Waals surface area contributed by atoms with Gasteiger partial charge in [0.25, 0.3) is 11.4 Å². The van der Waals surface area contributed by atoms with Gasteiger partial charge in [-0.2, -0.15) is 16.8 Å². The van der Waals surface area contributed by atoms with Crippen molar-refractivity contribution in [2.24, 2.45) is 0 Å². The van der Waals surface area contributed by atoms with Crippen LogP contribution in [0.3, 0.4) is 0 Å². The summed E-state index contributed by atoms with van der Waals surface area (Å²) in [6.45, 7) is 5.25. The molecule has 2 N–H and O–H groups in total. The summed E-state index contributed by atoms with van der Waals surface area (Å²) < 4.78 is 89.4. The molecule has 11 nitrogen and oxygen atoms in total. The molecule has 0 spiro atoms. The summed E-state index contributed by atoms with van der Waals surface area (Å²) in [5, 5.41) is 0.848. The number of allylic oxidation sites excluding steroid dienone is 2. The molecule has 6 aromatic rings. The normalized spacial score (nSPS) is 14.3. The van der Waals surface area contributed by atoms with E-state index in [0.29, 0.717) is 34.3 Å². The maximum Gasteiger partial charge on any atom is 0.375 e. The standard InChI is InChI=1S/C36H26N2O9S2/c1-3-10-36(49(42,43)44)38-29-21-32-27(26-13-8-9-14-30(26)45-32)20-33(29)47-35(38)18-23(4-2)17-34-37(22-48(39,40)41)28-19-25(15-16-31(28)46-34)24-11-6-5-7-12-24/h5-9,11-21H,1,4,22H2,2H3,(H-,39,40,41,42,43,44)/p+1. The molecule has 3 heterocycles. The Balaban J connectivity index is 1.40. The van der Waals surface area contributed by atoms with Gasteiger partial charge in [-0.05, 0) is 53.6 Å². The van der Waals surface area contributed by atoms with Gasteiger partial charge < -0.3 is 13.6 Å². The minimum Gasteiger partial charge on any atom is -0.456 e. The van der Waals surface area contributed by atoms with Gasteiger partial charge in [0.1, 0.15) is 11.2 Å². The Hall–Kier alpha value is -5.65.